The Hall–Kier alpha value is -2.21. The first-order chi connectivity index (χ1) is 9.72. The van der Waals surface area contributed by atoms with Gasteiger partial charge in [0.1, 0.15) is 0 Å². The summed E-state index contributed by atoms with van der Waals surface area (Å²) in [5.74, 6) is 1.26. The molecule has 0 saturated heterocycles. The van der Waals surface area contributed by atoms with E-state index in [0.29, 0.717) is 18.3 Å². The average Bonchev–Trinajstić information content (AvgIpc) is 3.03. The van der Waals surface area contributed by atoms with Gasteiger partial charge in [-0.15, -0.1) is 10.2 Å². The van der Waals surface area contributed by atoms with Crippen LogP contribution in [0, 0.1) is 6.92 Å². The van der Waals surface area contributed by atoms with Crippen LogP contribution in [0.5, 0.6) is 0 Å². The van der Waals surface area contributed by atoms with Gasteiger partial charge in [-0.3, -0.25) is 4.90 Å². The van der Waals surface area contributed by atoms with Crippen LogP contribution in [0.3, 0.4) is 0 Å². The van der Waals surface area contributed by atoms with Gasteiger partial charge in [0, 0.05) is 20.0 Å². The molecule has 3 rings (SSSR count). The quantitative estimate of drug-likeness (QED) is 0.709. The standard InChI is InChI=1S/C14H17N5O/c1-11-16-17-14(20-11)9-18(2)7-8-19-10-15-12-5-3-4-6-13(12)19/h3-6,10H,7-9H2,1-2H3. The molecule has 0 amide bonds. The van der Waals surface area contributed by atoms with E-state index in [-0.39, 0.29) is 0 Å². The molecule has 0 N–H and O–H groups in total. The van der Waals surface area contributed by atoms with Crippen LogP contribution < -0.4 is 0 Å². The molecule has 6 nitrogen and oxygen atoms in total. The lowest BCUT2D eigenvalue weighted by Crippen LogP contribution is -2.22. The lowest BCUT2D eigenvalue weighted by atomic mass is 10.3. The molecular weight excluding hydrogens is 254 g/mol. The van der Waals surface area contributed by atoms with Gasteiger partial charge in [0.05, 0.1) is 23.9 Å². The van der Waals surface area contributed by atoms with Crippen molar-refractivity contribution in [2.75, 3.05) is 13.6 Å². The lowest BCUT2D eigenvalue weighted by Gasteiger charge is -2.14. The predicted octanol–water partition coefficient (Wildman–Crippen LogP) is 1.86. The number of hydrogen-bond donors (Lipinski definition) is 0. The Morgan fingerprint density at radius 1 is 1.25 bits per heavy atom. The topological polar surface area (TPSA) is 60.0 Å². The number of nitrogens with zero attached hydrogens (tertiary/aromatic N) is 5. The van der Waals surface area contributed by atoms with E-state index in [9.17, 15) is 0 Å². The van der Waals surface area contributed by atoms with E-state index in [2.05, 4.69) is 30.7 Å². The molecule has 2 heterocycles. The zero-order valence-corrected chi connectivity index (χ0v) is 11.7. The Morgan fingerprint density at radius 2 is 2.10 bits per heavy atom. The minimum Gasteiger partial charge on any atom is -0.424 e. The van der Waals surface area contributed by atoms with Crippen molar-refractivity contribution >= 4 is 11.0 Å². The third-order valence-electron chi connectivity index (χ3n) is 3.22. The van der Waals surface area contributed by atoms with Crippen LogP contribution in [0.1, 0.15) is 11.8 Å². The van der Waals surface area contributed by atoms with Crippen molar-refractivity contribution in [2.24, 2.45) is 0 Å². The van der Waals surface area contributed by atoms with E-state index in [4.69, 9.17) is 4.42 Å². The van der Waals surface area contributed by atoms with E-state index in [1.807, 2.05) is 31.6 Å². The number of likely N-dealkylation sites (N-methyl/N-ethyl adjacent to an activating group) is 1. The first-order valence-electron chi connectivity index (χ1n) is 6.60. The van der Waals surface area contributed by atoms with Crippen molar-refractivity contribution in [3.8, 4) is 0 Å². The number of para-hydroxylation sites is 2. The summed E-state index contributed by atoms with van der Waals surface area (Å²) < 4.78 is 7.54. The molecule has 0 bridgehead atoms. The molecule has 0 aliphatic carbocycles. The molecule has 2 aromatic heterocycles. The summed E-state index contributed by atoms with van der Waals surface area (Å²) in [6, 6.07) is 8.15. The Kier molecular flexibility index (Phi) is 3.47. The number of benzene rings is 1. The van der Waals surface area contributed by atoms with E-state index in [1.165, 1.54) is 0 Å². The summed E-state index contributed by atoms with van der Waals surface area (Å²) in [4.78, 5) is 6.54. The van der Waals surface area contributed by atoms with Crippen molar-refractivity contribution in [1.82, 2.24) is 24.6 Å². The highest BCUT2D eigenvalue weighted by Crippen LogP contribution is 2.11. The fourth-order valence-electron chi connectivity index (χ4n) is 2.18. The summed E-state index contributed by atoms with van der Waals surface area (Å²) in [6.07, 6.45) is 1.88. The normalized spacial score (nSPS) is 11.6. The van der Waals surface area contributed by atoms with Crippen molar-refractivity contribution in [1.29, 1.82) is 0 Å². The third-order valence-corrected chi connectivity index (χ3v) is 3.22. The van der Waals surface area contributed by atoms with Crippen molar-refractivity contribution < 1.29 is 4.42 Å². The summed E-state index contributed by atoms with van der Waals surface area (Å²) in [7, 11) is 2.04. The first kappa shape index (κ1) is 12.8. The smallest absolute Gasteiger partial charge is 0.230 e. The second-order valence-electron chi connectivity index (χ2n) is 4.88. The molecular formula is C14H17N5O. The van der Waals surface area contributed by atoms with E-state index in [1.54, 1.807) is 6.92 Å². The van der Waals surface area contributed by atoms with Crippen LogP contribution in [0.25, 0.3) is 11.0 Å². The summed E-state index contributed by atoms with van der Waals surface area (Å²) in [5, 5.41) is 7.84. The van der Waals surface area contributed by atoms with Gasteiger partial charge in [-0.05, 0) is 19.2 Å². The Morgan fingerprint density at radius 3 is 2.90 bits per heavy atom. The van der Waals surface area contributed by atoms with Crippen LogP contribution in [0.4, 0.5) is 0 Å². The highest BCUT2D eigenvalue weighted by molar-refractivity contribution is 5.74. The molecule has 0 aliphatic heterocycles. The van der Waals surface area contributed by atoms with E-state index >= 15 is 0 Å². The fourth-order valence-corrected chi connectivity index (χ4v) is 2.18. The van der Waals surface area contributed by atoms with Gasteiger partial charge in [-0.25, -0.2) is 4.98 Å². The predicted molar refractivity (Wildman–Crippen MR) is 75.1 cm³/mol. The van der Waals surface area contributed by atoms with Crippen LogP contribution in [-0.4, -0.2) is 38.2 Å². The van der Waals surface area contributed by atoms with Gasteiger partial charge in [-0.2, -0.15) is 0 Å². The van der Waals surface area contributed by atoms with Gasteiger partial charge in [0.2, 0.25) is 11.8 Å². The second kappa shape index (κ2) is 5.42. The van der Waals surface area contributed by atoms with Crippen LogP contribution in [0.2, 0.25) is 0 Å². The first-order valence-corrected chi connectivity index (χ1v) is 6.60. The Bertz CT molecular complexity index is 702. The molecule has 0 saturated carbocycles. The molecule has 3 aromatic rings. The number of fused-ring (bicyclic) bond motifs is 1. The number of imidazole rings is 1. The summed E-state index contributed by atoms with van der Waals surface area (Å²) >= 11 is 0. The highest BCUT2D eigenvalue weighted by Gasteiger charge is 2.07. The van der Waals surface area contributed by atoms with Crippen LogP contribution in [-0.2, 0) is 13.1 Å². The second-order valence-corrected chi connectivity index (χ2v) is 4.88. The van der Waals surface area contributed by atoms with Gasteiger partial charge >= 0.3 is 0 Å². The monoisotopic (exact) mass is 271 g/mol. The maximum Gasteiger partial charge on any atom is 0.230 e. The highest BCUT2D eigenvalue weighted by atomic mass is 16.4. The molecule has 6 heteroatoms. The van der Waals surface area contributed by atoms with Crippen molar-refractivity contribution in [2.45, 2.75) is 20.0 Å². The molecule has 0 radical (unpaired) electrons. The molecule has 0 fully saturated rings. The number of hydrogen-bond acceptors (Lipinski definition) is 5. The molecule has 104 valence electrons. The minimum absolute atomic E-state index is 0.606. The lowest BCUT2D eigenvalue weighted by molar-refractivity contribution is 0.276. The summed E-state index contributed by atoms with van der Waals surface area (Å²) in [6.45, 7) is 4.23. The molecule has 0 atom stereocenters. The zero-order valence-electron chi connectivity index (χ0n) is 11.7. The Labute approximate surface area is 117 Å². The average molecular weight is 271 g/mol. The van der Waals surface area contributed by atoms with Gasteiger partial charge < -0.3 is 8.98 Å². The number of aromatic nitrogens is 4. The summed E-state index contributed by atoms with van der Waals surface area (Å²) in [5.41, 5.74) is 2.19. The molecule has 20 heavy (non-hydrogen) atoms. The van der Waals surface area contributed by atoms with Gasteiger partial charge in [0.15, 0.2) is 0 Å². The fraction of sp³-hybridized carbons (Fsp3) is 0.357. The molecule has 0 unspecified atom stereocenters. The minimum atomic E-state index is 0.606. The maximum absolute atomic E-state index is 5.38. The number of rotatable bonds is 5. The van der Waals surface area contributed by atoms with Crippen LogP contribution >= 0.6 is 0 Å². The van der Waals surface area contributed by atoms with Gasteiger partial charge in [-0.1, -0.05) is 12.1 Å². The molecule has 0 spiro atoms. The SMILES string of the molecule is Cc1nnc(CN(C)CCn2cnc3ccccc32)o1. The van der Waals surface area contributed by atoms with Crippen LogP contribution in [0.15, 0.2) is 35.0 Å². The molecule has 1 aromatic carbocycles. The molecule has 0 aliphatic rings. The van der Waals surface area contributed by atoms with E-state index in [0.717, 1.165) is 24.1 Å². The van der Waals surface area contributed by atoms with Gasteiger partial charge in [0.25, 0.3) is 0 Å². The maximum atomic E-state index is 5.38. The van der Waals surface area contributed by atoms with Crippen molar-refractivity contribution in [3.63, 3.8) is 0 Å². The zero-order chi connectivity index (χ0) is 13.9. The largest absolute Gasteiger partial charge is 0.424 e. The van der Waals surface area contributed by atoms with Crippen molar-refractivity contribution in [3.05, 3.63) is 42.4 Å². The Balaban J connectivity index is 1.61. The van der Waals surface area contributed by atoms with E-state index < -0.39 is 0 Å². The number of aryl methyl sites for hydroxylation is 1. The third kappa shape index (κ3) is 2.70.